The van der Waals surface area contributed by atoms with Crippen molar-refractivity contribution in [3.63, 3.8) is 0 Å². The van der Waals surface area contributed by atoms with Crippen LogP contribution in [0.15, 0.2) is 0 Å². The Morgan fingerprint density at radius 2 is 1.76 bits per heavy atom. The van der Waals surface area contributed by atoms with Crippen molar-refractivity contribution < 1.29 is 5.11 Å². The molecule has 0 aliphatic heterocycles. The second-order valence-corrected chi connectivity index (χ2v) is 9.14. The van der Waals surface area contributed by atoms with Gasteiger partial charge >= 0.3 is 0 Å². The van der Waals surface area contributed by atoms with Crippen molar-refractivity contribution in [1.82, 2.24) is 5.32 Å². The third kappa shape index (κ3) is 5.25. The summed E-state index contributed by atoms with van der Waals surface area (Å²) < 4.78 is 0. The molecule has 21 heavy (non-hydrogen) atoms. The van der Waals surface area contributed by atoms with Crippen LogP contribution in [0.5, 0.6) is 0 Å². The summed E-state index contributed by atoms with van der Waals surface area (Å²) >= 11 is 0. The van der Waals surface area contributed by atoms with Crippen molar-refractivity contribution >= 4 is 0 Å². The lowest BCUT2D eigenvalue weighted by atomic mass is 9.70. The van der Waals surface area contributed by atoms with Gasteiger partial charge in [-0.05, 0) is 68.2 Å². The van der Waals surface area contributed by atoms with Gasteiger partial charge in [0.25, 0.3) is 0 Å². The maximum atomic E-state index is 10.7. The van der Waals surface area contributed by atoms with E-state index in [0.29, 0.717) is 11.3 Å². The predicted octanol–water partition coefficient (Wildman–Crippen LogP) is 4.37. The first-order valence-corrected chi connectivity index (χ1v) is 9.22. The highest BCUT2D eigenvalue weighted by atomic mass is 16.3. The average Bonchev–Trinajstić information content (AvgIpc) is 2.37. The number of rotatable bonds is 4. The first-order valence-electron chi connectivity index (χ1n) is 9.22. The monoisotopic (exact) mass is 295 g/mol. The fourth-order valence-electron chi connectivity index (χ4n) is 4.53. The molecule has 0 radical (unpaired) electrons. The topological polar surface area (TPSA) is 32.3 Å². The third-order valence-electron chi connectivity index (χ3n) is 6.03. The van der Waals surface area contributed by atoms with Crippen LogP contribution >= 0.6 is 0 Å². The number of nitrogens with one attached hydrogen (secondary N) is 1. The van der Waals surface area contributed by atoms with Crippen molar-refractivity contribution in [2.75, 3.05) is 13.1 Å². The molecule has 2 nitrogen and oxygen atoms in total. The molecule has 2 atom stereocenters. The molecule has 2 rings (SSSR count). The van der Waals surface area contributed by atoms with Crippen LogP contribution in [0.25, 0.3) is 0 Å². The van der Waals surface area contributed by atoms with Crippen molar-refractivity contribution in [3.05, 3.63) is 0 Å². The molecule has 2 aliphatic carbocycles. The zero-order valence-corrected chi connectivity index (χ0v) is 14.8. The van der Waals surface area contributed by atoms with Gasteiger partial charge in [-0.3, -0.25) is 0 Å². The third-order valence-corrected chi connectivity index (χ3v) is 6.03. The Morgan fingerprint density at radius 3 is 2.33 bits per heavy atom. The van der Waals surface area contributed by atoms with Crippen molar-refractivity contribution in [3.8, 4) is 0 Å². The summed E-state index contributed by atoms with van der Waals surface area (Å²) in [5.41, 5.74) is 0.0477. The molecule has 0 heterocycles. The summed E-state index contributed by atoms with van der Waals surface area (Å²) in [6.07, 6.45) is 9.95. The molecule has 0 saturated heterocycles. The van der Waals surface area contributed by atoms with Crippen LogP contribution in [-0.4, -0.2) is 23.8 Å². The molecule has 2 aliphatic rings. The standard InChI is InChI=1S/C19H37NO/c1-15-6-5-11-19(21,12-15)14-20-13-16-7-9-17(10-8-16)18(2,3)4/h15-17,20-21H,5-14H2,1-4H3. The molecule has 2 fully saturated rings. The van der Waals surface area contributed by atoms with E-state index < -0.39 is 5.60 Å². The Bertz CT molecular complexity index is 314. The molecule has 0 aromatic heterocycles. The predicted molar refractivity (Wildman–Crippen MR) is 90.4 cm³/mol. The van der Waals surface area contributed by atoms with Crippen LogP contribution < -0.4 is 5.32 Å². The highest BCUT2D eigenvalue weighted by Crippen LogP contribution is 2.39. The van der Waals surface area contributed by atoms with Crippen LogP contribution in [0.1, 0.15) is 79.1 Å². The van der Waals surface area contributed by atoms with Gasteiger partial charge in [-0.2, -0.15) is 0 Å². The Hall–Kier alpha value is -0.0800. The summed E-state index contributed by atoms with van der Waals surface area (Å²) in [7, 11) is 0. The second-order valence-electron chi connectivity index (χ2n) is 9.14. The molecule has 2 heteroatoms. The van der Waals surface area contributed by atoms with Crippen LogP contribution in [0, 0.1) is 23.2 Å². The number of hydrogen-bond donors (Lipinski definition) is 2. The molecule has 0 aromatic carbocycles. The maximum Gasteiger partial charge on any atom is 0.0774 e. The molecule has 0 amide bonds. The fourth-order valence-corrected chi connectivity index (χ4v) is 4.53. The minimum absolute atomic E-state index is 0.430. The molecule has 124 valence electrons. The van der Waals surface area contributed by atoms with E-state index in [1.165, 1.54) is 38.5 Å². The minimum atomic E-state index is -0.430. The molecule has 0 aromatic rings. The van der Waals surface area contributed by atoms with Crippen molar-refractivity contribution in [2.45, 2.75) is 84.7 Å². The van der Waals surface area contributed by atoms with Crippen molar-refractivity contribution in [2.24, 2.45) is 23.2 Å². The molecule has 0 bridgehead atoms. The van der Waals surface area contributed by atoms with E-state index in [9.17, 15) is 5.11 Å². The summed E-state index contributed by atoms with van der Waals surface area (Å²) in [6, 6.07) is 0. The zero-order chi connectivity index (χ0) is 15.5. The maximum absolute atomic E-state index is 10.7. The van der Waals surface area contributed by atoms with E-state index in [1.807, 2.05) is 0 Å². The lowest BCUT2D eigenvalue weighted by Gasteiger charge is -2.38. The summed E-state index contributed by atoms with van der Waals surface area (Å²) in [5.74, 6) is 2.41. The first-order chi connectivity index (χ1) is 9.78. The second kappa shape index (κ2) is 7.00. The number of aliphatic hydroxyl groups is 1. The smallest absolute Gasteiger partial charge is 0.0774 e. The van der Waals surface area contributed by atoms with Gasteiger partial charge in [-0.15, -0.1) is 0 Å². The van der Waals surface area contributed by atoms with Gasteiger partial charge in [0.2, 0.25) is 0 Å². The molecular weight excluding hydrogens is 258 g/mol. The van der Waals surface area contributed by atoms with Gasteiger partial charge in [-0.1, -0.05) is 40.5 Å². The Kier molecular flexibility index (Phi) is 5.76. The molecular formula is C19H37NO. The summed E-state index contributed by atoms with van der Waals surface area (Å²) in [4.78, 5) is 0. The van der Waals surface area contributed by atoms with E-state index in [1.54, 1.807) is 0 Å². The van der Waals surface area contributed by atoms with Crippen molar-refractivity contribution in [1.29, 1.82) is 0 Å². The van der Waals surface area contributed by atoms with Gasteiger partial charge in [-0.25, -0.2) is 0 Å². The zero-order valence-electron chi connectivity index (χ0n) is 14.8. The Labute approximate surface area is 132 Å². The van der Waals surface area contributed by atoms with Gasteiger partial charge in [0.05, 0.1) is 5.60 Å². The molecule has 2 unspecified atom stereocenters. The van der Waals surface area contributed by atoms with E-state index in [2.05, 4.69) is 33.0 Å². The van der Waals surface area contributed by atoms with E-state index in [-0.39, 0.29) is 0 Å². The highest BCUT2D eigenvalue weighted by molar-refractivity contribution is 4.88. The average molecular weight is 296 g/mol. The van der Waals surface area contributed by atoms with Crippen LogP contribution in [0.3, 0.4) is 0 Å². The lowest BCUT2D eigenvalue weighted by Crippen LogP contribution is -2.45. The Balaban J connectivity index is 1.66. The number of hydrogen-bond acceptors (Lipinski definition) is 2. The van der Waals surface area contributed by atoms with E-state index in [0.717, 1.165) is 37.8 Å². The minimum Gasteiger partial charge on any atom is -0.389 e. The lowest BCUT2D eigenvalue weighted by molar-refractivity contribution is -0.0127. The molecule has 0 spiro atoms. The quantitative estimate of drug-likeness (QED) is 0.807. The molecule has 2 N–H and O–H groups in total. The van der Waals surface area contributed by atoms with Crippen LogP contribution in [0.2, 0.25) is 0 Å². The summed E-state index contributed by atoms with van der Waals surface area (Å²) in [6.45, 7) is 11.3. The van der Waals surface area contributed by atoms with Gasteiger partial charge in [0.15, 0.2) is 0 Å². The Morgan fingerprint density at radius 1 is 1.10 bits per heavy atom. The highest BCUT2D eigenvalue weighted by Gasteiger charge is 2.33. The SMILES string of the molecule is CC1CCCC(O)(CNCC2CCC(C(C)(C)C)CC2)C1. The summed E-state index contributed by atoms with van der Waals surface area (Å²) in [5, 5.41) is 14.2. The largest absolute Gasteiger partial charge is 0.389 e. The van der Waals surface area contributed by atoms with Gasteiger partial charge in [0, 0.05) is 6.54 Å². The van der Waals surface area contributed by atoms with Crippen LogP contribution in [0.4, 0.5) is 0 Å². The first kappa shape index (κ1) is 17.3. The van der Waals surface area contributed by atoms with Crippen LogP contribution in [-0.2, 0) is 0 Å². The van der Waals surface area contributed by atoms with Gasteiger partial charge < -0.3 is 10.4 Å². The van der Waals surface area contributed by atoms with E-state index in [4.69, 9.17) is 0 Å². The van der Waals surface area contributed by atoms with Gasteiger partial charge in [0.1, 0.15) is 0 Å². The van der Waals surface area contributed by atoms with E-state index >= 15 is 0 Å². The molecule has 2 saturated carbocycles. The normalized spacial score (nSPS) is 38.4. The fraction of sp³-hybridized carbons (Fsp3) is 1.00.